The summed E-state index contributed by atoms with van der Waals surface area (Å²) in [7, 11) is -1.90. The average Bonchev–Trinajstić information content (AvgIpc) is 3.53. The van der Waals surface area contributed by atoms with Crippen LogP contribution in [0.15, 0.2) is 104 Å². The molecule has 0 bridgehead atoms. The molecule has 0 spiro atoms. The largest absolute Gasteiger partial charge is 0.497 e. The van der Waals surface area contributed by atoms with Gasteiger partial charge in [-0.15, -0.1) is 13.2 Å². The number of ether oxygens (including phenoxy) is 2. The second kappa shape index (κ2) is 19.8. The molecule has 0 saturated carbocycles. The number of halogens is 3. The van der Waals surface area contributed by atoms with Gasteiger partial charge in [-0.25, -0.2) is 13.2 Å². The van der Waals surface area contributed by atoms with E-state index >= 15 is 0 Å². The molecule has 2 unspecified atom stereocenters. The lowest BCUT2D eigenvalue weighted by molar-refractivity contribution is -0.130. The van der Waals surface area contributed by atoms with Gasteiger partial charge in [-0.3, -0.25) is 9.69 Å². The number of nitrogens with zero attached hydrogens (tertiary/aromatic N) is 2. The number of sulfonamides is 1. The second-order valence-corrected chi connectivity index (χ2v) is 15.4. The Morgan fingerprint density at radius 3 is 2.25 bits per heavy atom. The number of carbonyl (C=O) groups is 2. The molecule has 0 fully saturated rings. The molecule has 11 nitrogen and oxygen atoms in total. The predicted octanol–water partition coefficient (Wildman–Crippen LogP) is 5.84. The maximum absolute atomic E-state index is 13.7. The van der Waals surface area contributed by atoms with E-state index in [0.717, 1.165) is 29.3 Å². The lowest BCUT2D eigenvalue weighted by Gasteiger charge is -2.31. The van der Waals surface area contributed by atoms with Crippen LogP contribution in [0.5, 0.6) is 5.75 Å². The summed E-state index contributed by atoms with van der Waals surface area (Å²) in [5, 5.41) is 17.8. The summed E-state index contributed by atoms with van der Waals surface area (Å²) < 4.78 is 76.3. The Labute approximate surface area is 320 Å². The third-order valence-corrected chi connectivity index (χ3v) is 11.4. The van der Waals surface area contributed by atoms with E-state index in [0.29, 0.717) is 16.5 Å². The molecular formula is C40H49F3N4O7S. The molecule has 1 aliphatic carbocycles. The van der Waals surface area contributed by atoms with E-state index in [1.54, 1.807) is 36.3 Å². The smallest absolute Gasteiger partial charge is 0.410 e. The Morgan fingerprint density at radius 2 is 1.65 bits per heavy atom. The van der Waals surface area contributed by atoms with Crippen molar-refractivity contribution in [2.45, 2.75) is 68.7 Å². The van der Waals surface area contributed by atoms with Gasteiger partial charge in [0, 0.05) is 26.2 Å². The predicted molar refractivity (Wildman–Crippen MR) is 204 cm³/mol. The van der Waals surface area contributed by atoms with E-state index in [1.807, 2.05) is 60.7 Å². The minimum Gasteiger partial charge on any atom is -0.497 e. The molecule has 0 aliphatic heterocycles. The summed E-state index contributed by atoms with van der Waals surface area (Å²) in [5.74, 6) is -1.44. The van der Waals surface area contributed by atoms with Crippen molar-refractivity contribution in [1.29, 1.82) is 0 Å². The van der Waals surface area contributed by atoms with Crippen molar-refractivity contribution in [3.8, 4) is 5.75 Å². The van der Waals surface area contributed by atoms with Crippen LogP contribution in [0, 0.1) is 0 Å². The van der Waals surface area contributed by atoms with Gasteiger partial charge in [0.2, 0.25) is 15.9 Å². The van der Waals surface area contributed by atoms with Gasteiger partial charge >= 0.3 is 12.3 Å². The lowest BCUT2D eigenvalue weighted by Crippen LogP contribution is -2.55. The van der Waals surface area contributed by atoms with Crippen molar-refractivity contribution >= 4 is 22.0 Å². The second-order valence-electron chi connectivity index (χ2n) is 13.3. The topological polar surface area (TPSA) is 138 Å². The molecule has 3 N–H and O–H groups in total. The number of carbonyl (C=O) groups excluding carboxylic acids is 2. The first-order valence-electron chi connectivity index (χ1n) is 17.8. The fourth-order valence-electron chi connectivity index (χ4n) is 6.52. The number of amides is 2. The van der Waals surface area contributed by atoms with Crippen molar-refractivity contribution in [2.24, 2.45) is 0 Å². The highest BCUT2D eigenvalue weighted by Gasteiger charge is 2.39. The van der Waals surface area contributed by atoms with E-state index in [2.05, 4.69) is 23.8 Å². The zero-order valence-corrected chi connectivity index (χ0v) is 31.8. The van der Waals surface area contributed by atoms with Crippen molar-refractivity contribution < 1.29 is 45.8 Å². The van der Waals surface area contributed by atoms with Crippen molar-refractivity contribution in [3.05, 3.63) is 126 Å². The molecule has 0 aromatic heterocycles. The molecule has 15 heteroatoms. The Balaban J connectivity index is 1.54. The molecule has 2 amide bonds. The number of aliphatic hydroxyl groups excluding tert-OH is 1. The number of methoxy groups -OCH3 is 1. The maximum atomic E-state index is 13.7. The van der Waals surface area contributed by atoms with Crippen LogP contribution in [-0.4, -0.2) is 92.1 Å². The first kappa shape index (κ1) is 43.0. The summed E-state index contributed by atoms with van der Waals surface area (Å²) in [6, 6.07) is 20.7. The van der Waals surface area contributed by atoms with Crippen LogP contribution in [0.1, 0.15) is 53.6 Å². The quantitative estimate of drug-likeness (QED) is 0.122. The monoisotopic (exact) mass is 786 g/mol. The number of nitrogens with one attached hydrogen (secondary N) is 2. The van der Waals surface area contributed by atoms with Crippen molar-refractivity contribution in [3.63, 3.8) is 0 Å². The van der Waals surface area contributed by atoms with Crippen molar-refractivity contribution in [1.82, 2.24) is 19.8 Å². The summed E-state index contributed by atoms with van der Waals surface area (Å²) in [5.41, 5.74) is 3.29. The highest BCUT2D eigenvalue weighted by molar-refractivity contribution is 7.89. The third-order valence-electron chi connectivity index (χ3n) is 9.51. The number of likely N-dealkylation sites (N-methyl/N-ethyl adjacent to an activating group) is 1. The number of fused-ring (bicyclic) bond motifs is 1. The molecule has 4 rings (SSSR count). The first-order valence-corrected chi connectivity index (χ1v) is 19.4. The van der Waals surface area contributed by atoms with Crippen LogP contribution in [0.25, 0.3) is 0 Å². The molecule has 0 heterocycles. The van der Waals surface area contributed by atoms with Gasteiger partial charge in [0.15, 0.2) is 0 Å². The van der Waals surface area contributed by atoms with Crippen LogP contribution >= 0.6 is 0 Å². The number of rotatable bonds is 20. The molecule has 5 atom stereocenters. The molecule has 0 saturated heterocycles. The molecule has 3 aromatic carbocycles. The molecule has 0 radical (unpaired) electrons. The summed E-state index contributed by atoms with van der Waals surface area (Å²) in [6.45, 7) is 7.68. The van der Waals surface area contributed by atoms with E-state index in [9.17, 15) is 36.3 Å². The molecular weight excluding hydrogens is 738 g/mol. The van der Waals surface area contributed by atoms with Crippen LogP contribution < -0.4 is 15.4 Å². The third kappa shape index (κ3) is 12.1. The van der Waals surface area contributed by atoms with E-state index < -0.39 is 64.6 Å². The summed E-state index contributed by atoms with van der Waals surface area (Å²) in [4.78, 5) is 28.8. The Hall–Kier alpha value is -4.70. The van der Waals surface area contributed by atoms with Gasteiger partial charge in [0.05, 0.1) is 37.5 Å². The van der Waals surface area contributed by atoms with E-state index in [4.69, 9.17) is 9.47 Å². The average molecular weight is 787 g/mol. The minimum atomic E-state index is -4.71. The first-order chi connectivity index (χ1) is 26.2. The fourth-order valence-corrected chi connectivity index (χ4v) is 7.86. The van der Waals surface area contributed by atoms with Gasteiger partial charge in [-0.1, -0.05) is 78.9 Å². The number of hydrogen-bond donors (Lipinski definition) is 3. The Morgan fingerprint density at radius 1 is 1.00 bits per heavy atom. The Kier molecular flexibility index (Phi) is 15.5. The summed E-state index contributed by atoms with van der Waals surface area (Å²) >= 11 is 0. The highest BCUT2D eigenvalue weighted by Crippen LogP contribution is 2.44. The highest BCUT2D eigenvalue weighted by atomic mass is 32.2. The van der Waals surface area contributed by atoms with E-state index in [1.165, 1.54) is 6.08 Å². The normalized spacial score (nSPS) is 17.1. The molecule has 1 aliphatic rings. The van der Waals surface area contributed by atoms with Gasteiger partial charge in [0.1, 0.15) is 18.4 Å². The molecule has 55 heavy (non-hydrogen) atoms. The fraction of sp³-hybridized carbons (Fsp3) is 0.400. The number of alkyl halides is 3. The van der Waals surface area contributed by atoms with Crippen LogP contribution in [-0.2, 0) is 32.6 Å². The minimum absolute atomic E-state index is 0.0441. The van der Waals surface area contributed by atoms with Gasteiger partial charge in [-0.2, -0.15) is 17.5 Å². The number of aliphatic hydroxyl groups is 1. The van der Waals surface area contributed by atoms with Crippen LogP contribution in [0.2, 0.25) is 0 Å². The van der Waals surface area contributed by atoms with Gasteiger partial charge in [-0.05, 0) is 53.6 Å². The van der Waals surface area contributed by atoms with E-state index in [-0.39, 0.29) is 38.6 Å². The SMILES string of the molecule is C=CC[C@@H](C(=O)N[C@@H](Cc1ccccc1)[C@H](O)CNC1CC(N(CC=C)C(=O)OCc2ccccc2)c2ccc(OC)cc21)N(C)S(=O)(=O)CCC(F)(F)F. The summed E-state index contributed by atoms with van der Waals surface area (Å²) in [6.07, 6.45) is -4.73. The van der Waals surface area contributed by atoms with Gasteiger partial charge in [0.25, 0.3) is 0 Å². The zero-order chi connectivity index (χ0) is 40.2. The lowest BCUT2D eigenvalue weighted by atomic mass is 9.99. The zero-order valence-electron chi connectivity index (χ0n) is 31.0. The number of hydrogen-bond acceptors (Lipinski definition) is 8. The maximum Gasteiger partial charge on any atom is 0.410 e. The van der Waals surface area contributed by atoms with Gasteiger partial charge < -0.3 is 25.2 Å². The Bertz CT molecular complexity index is 1850. The van der Waals surface area contributed by atoms with Crippen LogP contribution in [0.4, 0.5) is 18.0 Å². The van der Waals surface area contributed by atoms with Crippen LogP contribution in [0.3, 0.4) is 0 Å². The van der Waals surface area contributed by atoms with Crippen molar-refractivity contribution in [2.75, 3.05) is 33.0 Å². The number of benzene rings is 3. The molecule has 298 valence electrons. The standard InChI is InChI=1S/C40H49F3N4O7S/c1-5-13-35(46(3)55(51,52)22-20-40(41,42)43)38(49)45-34(23-28-14-9-7-10-15-28)37(48)26-44-33-25-36(31-19-18-30(53-4)24-32(31)33)47(21-6-2)39(50)54-27-29-16-11-8-12-17-29/h5-12,14-19,24,33-37,44,48H,1-2,13,20-23,25-27H2,3-4H3,(H,45,49)/t33?,34-,35-,36?,37+/m0/s1. The molecule has 3 aromatic rings.